The Bertz CT molecular complexity index is 632. The van der Waals surface area contributed by atoms with E-state index in [2.05, 4.69) is 0 Å². The van der Waals surface area contributed by atoms with Gasteiger partial charge in [0, 0.05) is 31.7 Å². The fraction of sp³-hybridized carbons (Fsp3) is 0.600. The fourth-order valence-corrected chi connectivity index (χ4v) is 3.33. The van der Waals surface area contributed by atoms with E-state index in [0.717, 1.165) is 25.7 Å². The Hall–Kier alpha value is -1.83. The van der Waals surface area contributed by atoms with Crippen molar-refractivity contribution < 1.29 is 24.2 Å². The summed E-state index contributed by atoms with van der Waals surface area (Å²) in [5.41, 5.74) is 0. The van der Waals surface area contributed by atoms with Crippen molar-refractivity contribution in [2.75, 3.05) is 33.9 Å². The average Bonchev–Trinajstić information content (AvgIpc) is 2.69. The number of nitrogens with zero attached hydrogens (tertiary/aromatic N) is 2. The first-order chi connectivity index (χ1) is 13.4. The van der Waals surface area contributed by atoms with Crippen LogP contribution >= 0.6 is 11.6 Å². The lowest BCUT2D eigenvalue weighted by Gasteiger charge is -2.34. The minimum absolute atomic E-state index is 0.0348. The normalized spacial score (nSPS) is 19.1. The van der Waals surface area contributed by atoms with E-state index < -0.39 is 0 Å². The Labute approximate surface area is 171 Å². The summed E-state index contributed by atoms with van der Waals surface area (Å²) in [6.07, 6.45) is 3.36. The first-order valence-corrected chi connectivity index (χ1v) is 9.95. The number of carbonyl (C=O) groups is 2. The molecule has 1 fully saturated rings. The highest BCUT2D eigenvalue weighted by molar-refractivity contribution is 6.30. The van der Waals surface area contributed by atoms with E-state index in [-0.39, 0.29) is 30.8 Å². The van der Waals surface area contributed by atoms with Crippen LogP contribution in [0.1, 0.15) is 32.1 Å². The lowest BCUT2D eigenvalue weighted by Crippen LogP contribution is -2.42. The number of ether oxygens (including phenoxy) is 2. The maximum absolute atomic E-state index is 12.3. The average molecular weight is 413 g/mol. The summed E-state index contributed by atoms with van der Waals surface area (Å²) in [5, 5.41) is 9.44. The molecule has 0 heterocycles. The van der Waals surface area contributed by atoms with Gasteiger partial charge in [-0.05, 0) is 49.9 Å². The number of hydrogen-bond donors (Lipinski definition) is 1. The van der Waals surface area contributed by atoms with Gasteiger partial charge in [0.05, 0.1) is 25.7 Å². The lowest BCUT2D eigenvalue weighted by atomic mass is 9.92. The monoisotopic (exact) mass is 412 g/mol. The number of benzene rings is 1. The molecule has 8 heteroatoms. The summed E-state index contributed by atoms with van der Waals surface area (Å²) < 4.78 is 11.2. The van der Waals surface area contributed by atoms with Crippen LogP contribution in [-0.2, 0) is 9.53 Å². The van der Waals surface area contributed by atoms with Crippen molar-refractivity contribution in [3.05, 3.63) is 29.3 Å². The molecule has 0 saturated heterocycles. The Morgan fingerprint density at radius 1 is 1.14 bits per heavy atom. The van der Waals surface area contributed by atoms with Crippen molar-refractivity contribution in [3.63, 3.8) is 0 Å². The lowest BCUT2D eigenvalue weighted by molar-refractivity contribution is -0.132. The number of aliphatic hydroxyl groups excluding tert-OH is 1. The van der Waals surface area contributed by atoms with E-state index >= 15 is 0 Å². The maximum Gasteiger partial charge on any atom is 0.415 e. The molecule has 1 aliphatic carbocycles. The Balaban J connectivity index is 1.68. The number of likely N-dealkylation sites (N-methyl/N-ethyl adjacent to an activating group) is 1. The molecule has 2 rings (SSSR count). The number of halogens is 1. The smallest absolute Gasteiger partial charge is 0.410 e. The fourth-order valence-electron chi connectivity index (χ4n) is 3.20. The van der Waals surface area contributed by atoms with Crippen LogP contribution in [0.25, 0.3) is 0 Å². The summed E-state index contributed by atoms with van der Waals surface area (Å²) in [4.78, 5) is 27.3. The highest BCUT2D eigenvalue weighted by Gasteiger charge is 2.28. The molecule has 1 aliphatic rings. The standard InChI is InChI=1S/C20H29ClN2O5/c1-22(12-13-24)19(25)11-14-27-17-9-5-16(6-10-17)23(2)20(26)28-18-7-3-15(21)4-8-18/h3-4,7-8,16-17,24H,5-6,9-14H2,1-2H3/t16-,17-. The molecule has 1 aromatic carbocycles. The van der Waals surface area contributed by atoms with E-state index in [0.29, 0.717) is 30.3 Å². The molecule has 0 bridgehead atoms. The van der Waals surface area contributed by atoms with Gasteiger partial charge in [-0.15, -0.1) is 0 Å². The van der Waals surface area contributed by atoms with Crippen molar-refractivity contribution in [2.45, 2.75) is 44.2 Å². The van der Waals surface area contributed by atoms with Crippen LogP contribution in [0.4, 0.5) is 4.79 Å². The van der Waals surface area contributed by atoms with Crippen molar-refractivity contribution >= 4 is 23.6 Å². The number of aliphatic hydroxyl groups is 1. The van der Waals surface area contributed by atoms with Gasteiger partial charge in [0.1, 0.15) is 5.75 Å². The zero-order valence-electron chi connectivity index (χ0n) is 16.5. The minimum atomic E-state index is -0.385. The second-order valence-corrected chi connectivity index (χ2v) is 7.46. The first-order valence-electron chi connectivity index (χ1n) is 9.57. The third kappa shape index (κ3) is 6.96. The molecule has 0 atom stereocenters. The predicted octanol–water partition coefficient (Wildman–Crippen LogP) is 2.94. The summed E-state index contributed by atoms with van der Waals surface area (Å²) in [7, 11) is 3.42. The van der Waals surface area contributed by atoms with Crippen LogP contribution in [-0.4, -0.2) is 72.9 Å². The second kappa shape index (κ2) is 11.2. The van der Waals surface area contributed by atoms with Gasteiger partial charge in [0.25, 0.3) is 0 Å². The molecule has 1 saturated carbocycles. The third-order valence-corrected chi connectivity index (χ3v) is 5.28. The number of amides is 2. The summed E-state index contributed by atoms with van der Waals surface area (Å²) in [5.74, 6) is 0.432. The van der Waals surface area contributed by atoms with E-state index in [4.69, 9.17) is 26.2 Å². The van der Waals surface area contributed by atoms with Crippen LogP contribution in [0, 0.1) is 0 Å². The molecular formula is C20H29ClN2O5. The van der Waals surface area contributed by atoms with Gasteiger partial charge in [0.15, 0.2) is 0 Å². The Morgan fingerprint density at radius 2 is 1.79 bits per heavy atom. The molecule has 156 valence electrons. The number of rotatable bonds is 8. The molecule has 0 radical (unpaired) electrons. The van der Waals surface area contributed by atoms with Crippen molar-refractivity contribution in [1.82, 2.24) is 9.80 Å². The molecule has 1 N–H and O–H groups in total. The minimum Gasteiger partial charge on any atom is -0.410 e. The van der Waals surface area contributed by atoms with Crippen LogP contribution in [0.2, 0.25) is 5.02 Å². The second-order valence-electron chi connectivity index (χ2n) is 7.02. The van der Waals surface area contributed by atoms with Gasteiger partial charge in [-0.25, -0.2) is 4.79 Å². The molecule has 0 spiro atoms. The highest BCUT2D eigenvalue weighted by Crippen LogP contribution is 2.25. The topological polar surface area (TPSA) is 79.3 Å². The number of carbonyl (C=O) groups excluding carboxylic acids is 2. The molecule has 1 aromatic rings. The van der Waals surface area contributed by atoms with E-state index in [1.807, 2.05) is 0 Å². The van der Waals surface area contributed by atoms with Crippen LogP contribution < -0.4 is 4.74 Å². The van der Waals surface area contributed by atoms with Gasteiger partial charge in [-0.2, -0.15) is 0 Å². The molecule has 28 heavy (non-hydrogen) atoms. The largest absolute Gasteiger partial charge is 0.415 e. The van der Waals surface area contributed by atoms with Gasteiger partial charge in [0.2, 0.25) is 5.91 Å². The van der Waals surface area contributed by atoms with Gasteiger partial charge in [-0.1, -0.05) is 11.6 Å². The first kappa shape index (κ1) is 22.5. The third-order valence-electron chi connectivity index (χ3n) is 5.03. The zero-order valence-corrected chi connectivity index (χ0v) is 17.2. The summed E-state index contributed by atoms with van der Waals surface area (Å²) in [6.45, 7) is 0.669. The van der Waals surface area contributed by atoms with Crippen LogP contribution in [0.5, 0.6) is 5.75 Å². The molecular weight excluding hydrogens is 384 g/mol. The van der Waals surface area contributed by atoms with Gasteiger partial charge in [-0.3, -0.25) is 4.79 Å². The Morgan fingerprint density at radius 3 is 2.39 bits per heavy atom. The number of hydrogen-bond acceptors (Lipinski definition) is 5. The molecule has 0 unspecified atom stereocenters. The molecule has 0 aliphatic heterocycles. The van der Waals surface area contributed by atoms with Gasteiger partial charge >= 0.3 is 6.09 Å². The van der Waals surface area contributed by atoms with Crippen molar-refractivity contribution in [1.29, 1.82) is 0 Å². The summed E-state index contributed by atoms with van der Waals surface area (Å²) >= 11 is 5.84. The quantitative estimate of drug-likeness (QED) is 0.710. The van der Waals surface area contributed by atoms with Crippen molar-refractivity contribution in [3.8, 4) is 5.75 Å². The predicted molar refractivity (Wildman–Crippen MR) is 107 cm³/mol. The van der Waals surface area contributed by atoms with Crippen molar-refractivity contribution in [2.24, 2.45) is 0 Å². The van der Waals surface area contributed by atoms with E-state index in [1.54, 1.807) is 43.3 Å². The molecule has 0 aromatic heterocycles. The Kier molecular flexibility index (Phi) is 9.02. The maximum atomic E-state index is 12.3. The van der Waals surface area contributed by atoms with Crippen LogP contribution in [0.3, 0.4) is 0 Å². The van der Waals surface area contributed by atoms with Gasteiger partial charge < -0.3 is 24.4 Å². The zero-order chi connectivity index (χ0) is 20.5. The van der Waals surface area contributed by atoms with Crippen LogP contribution in [0.15, 0.2) is 24.3 Å². The molecule has 7 nitrogen and oxygen atoms in total. The van der Waals surface area contributed by atoms with E-state index in [9.17, 15) is 9.59 Å². The SMILES string of the molecule is CN(CCO)C(=O)CCO[C@H]1CC[C@H](N(C)C(=O)Oc2ccc(Cl)cc2)CC1. The van der Waals surface area contributed by atoms with E-state index in [1.165, 1.54) is 4.90 Å². The highest BCUT2D eigenvalue weighted by atomic mass is 35.5. The summed E-state index contributed by atoms with van der Waals surface area (Å²) in [6, 6.07) is 6.80. The molecule has 2 amide bonds.